The Morgan fingerprint density at radius 2 is 2.00 bits per heavy atom. The standard InChI is InChI=1S/C18H17FN4O2S2/c19-16-8-2-1-7-15(16)18-22-21-17(26-18)13-5-4-10-23(12-13)27(24,25)14-6-3-9-20-11-14/h1-3,6-9,11,13H,4-5,10,12H2/t13-/m1/s1. The third-order valence-electron chi connectivity index (χ3n) is 4.55. The summed E-state index contributed by atoms with van der Waals surface area (Å²) in [6, 6.07) is 9.59. The van der Waals surface area contributed by atoms with Crippen molar-refractivity contribution in [1.29, 1.82) is 0 Å². The molecule has 1 atom stereocenters. The minimum absolute atomic E-state index is 0.0526. The lowest BCUT2D eigenvalue weighted by Crippen LogP contribution is -2.39. The zero-order valence-corrected chi connectivity index (χ0v) is 16.0. The second kappa shape index (κ2) is 7.41. The van der Waals surface area contributed by atoms with Crippen LogP contribution in [0.5, 0.6) is 0 Å². The maximum Gasteiger partial charge on any atom is 0.244 e. The molecule has 1 aromatic carbocycles. The number of nitrogens with zero attached hydrogens (tertiary/aromatic N) is 4. The molecule has 1 fully saturated rings. The molecule has 0 amide bonds. The second-order valence-electron chi connectivity index (χ2n) is 6.32. The third-order valence-corrected chi connectivity index (χ3v) is 7.52. The normalized spacial score (nSPS) is 18.5. The Balaban J connectivity index is 1.57. The quantitative estimate of drug-likeness (QED) is 0.667. The topological polar surface area (TPSA) is 76.1 Å². The van der Waals surface area contributed by atoms with Gasteiger partial charge in [0.2, 0.25) is 10.0 Å². The number of pyridine rings is 1. The average Bonchev–Trinajstić information content (AvgIpc) is 3.19. The van der Waals surface area contributed by atoms with Gasteiger partial charge in [0, 0.05) is 37.0 Å². The van der Waals surface area contributed by atoms with Crippen LogP contribution in [0.15, 0.2) is 53.7 Å². The summed E-state index contributed by atoms with van der Waals surface area (Å²) >= 11 is 1.32. The van der Waals surface area contributed by atoms with Crippen molar-refractivity contribution in [3.63, 3.8) is 0 Å². The van der Waals surface area contributed by atoms with Crippen molar-refractivity contribution in [2.75, 3.05) is 13.1 Å². The summed E-state index contributed by atoms with van der Waals surface area (Å²) in [7, 11) is -3.59. The lowest BCUT2D eigenvalue weighted by atomic mass is 10.0. The highest BCUT2D eigenvalue weighted by molar-refractivity contribution is 7.89. The van der Waals surface area contributed by atoms with Crippen molar-refractivity contribution in [1.82, 2.24) is 19.5 Å². The van der Waals surface area contributed by atoms with Crippen LogP contribution in [0.25, 0.3) is 10.6 Å². The molecular weight excluding hydrogens is 387 g/mol. The molecule has 27 heavy (non-hydrogen) atoms. The highest BCUT2D eigenvalue weighted by Crippen LogP contribution is 2.34. The van der Waals surface area contributed by atoms with Gasteiger partial charge in [-0.2, -0.15) is 4.31 Å². The Bertz CT molecular complexity index is 1040. The molecule has 1 aliphatic rings. The van der Waals surface area contributed by atoms with E-state index in [4.69, 9.17) is 0 Å². The van der Waals surface area contributed by atoms with Gasteiger partial charge in [-0.25, -0.2) is 12.8 Å². The zero-order valence-electron chi connectivity index (χ0n) is 14.3. The van der Waals surface area contributed by atoms with Gasteiger partial charge in [-0.05, 0) is 37.1 Å². The predicted octanol–water partition coefficient (Wildman–Crippen LogP) is 3.31. The lowest BCUT2D eigenvalue weighted by molar-refractivity contribution is 0.314. The van der Waals surface area contributed by atoms with Gasteiger partial charge < -0.3 is 0 Å². The molecule has 9 heteroatoms. The molecule has 0 saturated carbocycles. The summed E-state index contributed by atoms with van der Waals surface area (Å²) in [5, 5.41) is 9.58. The van der Waals surface area contributed by atoms with Crippen molar-refractivity contribution < 1.29 is 12.8 Å². The van der Waals surface area contributed by atoms with Gasteiger partial charge in [0.25, 0.3) is 0 Å². The largest absolute Gasteiger partial charge is 0.263 e. The molecule has 0 unspecified atom stereocenters. The van der Waals surface area contributed by atoms with Crippen LogP contribution in [0.1, 0.15) is 23.8 Å². The van der Waals surface area contributed by atoms with Crippen molar-refractivity contribution in [2.45, 2.75) is 23.7 Å². The molecule has 0 spiro atoms. The number of halogens is 1. The molecule has 0 bridgehead atoms. The summed E-state index contributed by atoms with van der Waals surface area (Å²) in [4.78, 5) is 4.10. The molecule has 1 saturated heterocycles. The predicted molar refractivity (Wildman–Crippen MR) is 100 cm³/mol. The first-order chi connectivity index (χ1) is 13.1. The van der Waals surface area contributed by atoms with Crippen LogP contribution in [-0.2, 0) is 10.0 Å². The first kappa shape index (κ1) is 18.1. The molecule has 4 rings (SSSR count). The first-order valence-electron chi connectivity index (χ1n) is 8.54. The summed E-state index contributed by atoms with van der Waals surface area (Å²) in [5.74, 6) is -0.396. The van der Waals surface area contributed by atoms with Crippen LogP contribution >= 0.6 is 11.3 Å². The molecule has 3 heterocycles. The first-order valence-corrected chi connectivity index (χ1v) is 10.8. The monoisotopic (exact) mass is 404 g/mol. The van der Waals surface area contributed by atoms with Crippen molar-refractivity contribution in [3.8, 4) is 10.6 Å². The van der Waals surface area contributed by atoms with Gasteiger partial charge in [0.1, 0.15) is 15.7 Å². The van der Waals surface area contributed by atoms with E-state index in [1.54, 1.807) is 36.5 Å². The van der Waals surface area contributed by atoms with Crippen molar-refractivity contribution >= 4 is 21.4 Å². The molecule has 0 N–H and O–H groups in total. The van der Waals surface area contributed by atoms with Crippen molar-refractivity contribution in [2.24, 2.45) is 0 Å². The van der Waals surface area contributed by atoms with E-state index in [1.807, 2.05) is 0 Å². The fourth-order valence-corrected chi connectivity index (χ4v) is 5.64. The number of benzene rings is 1. The van der Waals surface area contributed by atoms with Crippen LogP contribution in [0.4, 0.5) is 4.39 Å². The van der Waals surface area contributed by atoms with Gasteiger partial charge in [-0.1, -0.05) is 23.5 Å². The fourth-order valence-electron chi connectivity index (χ4n) is 3.15. The Morgan fingerprint density at radius 3 is 2.78 bits per heavy atom. The van der Waals surface area contributed by atoms with E-state index in [9.17, 15) is 12.8 Å². The average molecular weight is 404 g/mol. The molecule has 1 aliphatic heterocycles. The molecule has 6 nitrogen and oxygen atoms in total. The Kier molecular flexibility index (Phi) is 4.98. The third kappa shape index (κ3) is 3.62. The molecule has 0 aliphatic carbocycles. The number of sulfonamides is 1. The van der Waals surface area contributed by atoms with E-state index in [0.29, 0.717) is 23.7 Å². The highest BCUT2D eigenvalue weighted by atomic mass is 32.2. The van der Waals surface area contributed by atoms with E-state index in [-0.39, 0.29) is 16.6 Å². The van der Waals surface area contributed by atoms with Crippen LogP contribution in [-0.4, -0.2) is 41.0 Å². The van der Waals surface area contributed by atoms with E-state index >= 15 is 0 Å². The second-order valence-corrected chi connectivity index (χ2v) is 9.26. The van der Waals surface area contributed by atoms with E-state index in [1.165, 1.54) is 27.9 Å². The van der Waals surface area contributed by atoms with Crippen LogP contribution < -0.4 is 0 Å². The smallest absolute Gasteiger partial charge is 0.244 e. The van der Waals surface area contributed by atoms with Gasteiger partial charge in [-0.15, -0.1) is 10.2 Å². The Labute approximate surface area is 160 Å². The lowest BCUT2D eigenvalue weighted by Gasteiger charge is -2.30. The number of hydrogen-bond donors (Lipinski definition) is 0. The van der Waals surface area contributed by atoms with Gasteiger partial charge in [0.05, 0.1) is 0 Å². The Hall–Kier alpha value is -2.23. The SMILES string of the molecule is O=S(=O)(c1cccnc1)N1CCC[C@@H](c2nnc(-c3ccccc3F)s2)C1. The maximum atomic E-state index is 14.0. The summed E-state index contributed by atoms with van der Waals surface area (Å²) < 4.78 is 41.1. The van der Waals surface area contributed by atoms with Crippen molar-refractivity contribution in [3.05, 3.63) is 59.6 Å². The summed E-state index contributed by atoms with van der Waals surface area (Å²) in [5.41, 5.74) is 0.414. The molecular formula is C18H17FN4O2S2. The fraction of sp³-hybridized carbons (Fsp3) is 0.278. The molecule has 140 valence electrons. The molecule has 2 aromatic heterocycles. The van der Waals surface area contributed by atoms with Gasteiger partial charge in [0.15, 0.2) is 5.01 Å². The summed E-state index contributed by atoms with van der Waals surface area (Å²) in [6.07, 6.45) is 4.47. The highest BCUT2D eigenvalue weighted by Gasteiger charge is 2.32. The van der Waals surface area contributed by atoms with E-state index in [2.05, 4.69) is 15.2 Å². The van der Waals surface area contributed by atoms with E-state index in [0.717, 1.165) is 17.8 Å². The molecule has 3 aromatic rings. The van der Waals surface area contributed by atoms with Crippen LogP contribution in [0.3, 0.4) is 0 Å². The molecule has 0 radical (unpaired) electrons. The van der Waals surface area contributed by atoms with Gasteiger partial charge in [-0.3, -0.25) is 4.98 Å². The van der Waals surface area contributed by atoms with E-state index < -0.39 is 10.0 Å². The number of rotatable bonds is 4. The van der Waals surface area contributed by atoms with Crippen LogP contribution in [0.2, 0.25) is 0 Å². The minimum Gasteiger partial charge on any atom is -0.263 e. The Morgan fingerprint density at radius 1 is 1.15 bits per heavy atom. The van der Waals surface area contributed by atoms with Crippen LogP contribution in [0, 0.1) is 5.82 Å². The summed E-state index contributed by atoms with van der Waals surface area (Å²) in [6.45, 7) is 0.801. The zero-order chi connectivity index (χ0) is 18.9. The number of aromatic nitrogens is 3. The van der Waals surface area contributed by atoms with Gasteiger partial charge >= 0.3 is 0 Å². The number of hydrogen-bond acceptors (Lipinski definition) is 6. The maximum absolute atomic E-state index is 14.0. The number of piperidine rings is 1. The minimum atomic E-state index is -3.59.